The van der Waals surface area contributed by atoms with Crippen LogP contribution in [0.3, 0.4) is 0 Å². The van der Waals surface area contributed by atoms with Gasteiger partial charge in [0, 0.05) is 30.6 Å². The van der Waals surface area contributed by atoms with Crippen LogP contribution in [0.4, 0.5) is 0 Å². The predicted molar refractivity (Wildman–Crippen MR) is 112 cm³/mol. The van der Waals surface area contributed by atoms with Crippen molar-refractivity contribution >= 4 is 42.1 Å². The van der Waals surface area contributed by atoms with Crippen molar-refractivity contribution in [3.8, 4) is 10.6 Å². The van der Waals surface area contributed by atoms with Gasteiger partial charge in [-0.1, -0.05) is 29.8 Å². The maximum absolute atomic E-state index is 12.8. The molecular formula is C19H25Cl2N3OS. The Balaban J connectivity index is 0.00000121. The molecule has 4 nitrogen and oxygen atoms in total. The number of piperidine rings is 1. The number of hydrogen-bond acceptors (Lipinski definition) is 4. The van der Waals surface area contributed by atoms with E-state index in [1.807, 2.05) is 10.3 Å². The normalized spacial score (nSPS) is 18.3. The molecule has 1 aromatic heterocycles. The van der Waals surface area contributed by atoms with Crippen molar-refractivity contribution in [3.63, 3.8) is 0 Å². The first-order chi connectivity index (χ1) is 11.7. The van der Waals surface area contributed by atoms with Gasteiger partial charge in [0.05, 0.1) is 0 Å². The van der Waals surface area contributed by atoms with Crippen LogP contribution in [0.2, 0.25) is 0 Å². The Bertz CT molecular complexity index is 731. The second kappa shape index (κ2) is 8.70. The Labute approximate surface area is 171 Å². The van der Waals surface area contributed by atoms with E-state index in [1.54, 1.807) is 11.3 Å². The zero-order chi connectivity index (χ0) is 16.6. The number of amides is 1. The average Bonchev–Trinajstić information content (AvgIpc) is 3.26. The summed E-state index contributed by atoms with van der Waals surface area (Å²) in [5.74, 6) is 0.0883. The molecule has 4 rings (SSSR count). The molecule has 2 aliphatic rings. The molecule has 0 radical (unpaired) electrons. The van der Waals surface area contributed by atoms with Crippen molar-refractivity contribution in [2.45, 2.75) is 26.2 Å². The van der Waals surface area contributed by atoms with Gasteiger partial charge in [0.2, 0.25) is 0 Å². The Morgan fingerprint density at radius 2 is 1.85 bits per heavy atom. The Kier molecular flexibility index (Phi) is 7.08. The number of carbonyl (C=O) groups excluding carboxylic acids is 1. The highest BCUT2D eigenvalue weighted by Crippen LogP contribution is 2.37. The first-order valence-electron chi connectivity index (χ1n) is 8.68. The van der Waals surface area contributed by atoms with Gasteiger partial charge in [-0.2, -0.15) is 0 Å². The summed E-state index contributed by atoms with van der Waals surface area (Å²) in [5, 5.41) is 6.29. The number of likely N-dealkylation sites (tertiary alicyclic amines) is 1. The van der Waals surface area contributed by atoms with Crippen LogP contribution >= 0.6 is 36.2 Å². The van der Waals surface area contributed by atoms with E-state index in [1.165, 1.54) is 12.0 Å². The zero-order valence-electron chi connectivity index (χ0n) is 14.9. The fourth-order valence-electron chi connectivity index (χ4n) is 3.77. The molecule has 0 aliphatic carbocycles. The van der Waals surface area contributed by atoms with Crippen LogP contribution in [-0.4, -0.2) is 42.0 Å². The average molecular weight is 414 g/mol. The monoisotopic (exact) mass is 413 g/mol. The SMILES string of the molecule is Cc1ccc(-c2nc(C(=O)N3CCC4(CCNC4)CC3)cs2)cc1.Cl.Cl. The number of nitrogens with one attached hydrogen (secondary N) is 1. The number of hydrogen-bond donors (Lipinski definition) is 1. The van der Waals surface area contributed by atoms with Gasteiger partial charge in [-0.3, -0.25) is 4.79 Å². The lowest BCUT2D eigenvalue weighted by Gasteiger charge is -2.38. The van der Waals surface area contributed by atoms with Crippen LogP contribution in [0.5, 0.6) is 0 Å². The smallest absolute Gasteiger partial charge is 0.273 e. The molecule has 26 heavy (non-hydrogen) atoms. The van der Waals surface area contributed by atoms with Gasteiger partial charge in [0.1, 0.15) is 10.7 Å². The van der Waals surface area contributed by atoms with Crippen LogP contribution in [0.25, 0.3) is 10.6 Å². The van der Waals surface area contributed by atoms with E-state index in [-0.39, 0.29) is 30.7 Å². The van der Waals surface area contributed by atoms with Crippen LogP contribution in [-0.2, 0) is 0 Å². The summed E-state index contributed by atoms with van der Waals surface area (Å²) >= 11 is 1.55. The van der Waals surface area contributed by atoms with E-state index in [2.05, 4.69) is 41.5 Å². The molecule has 0 bridgehead atoms. The molecule has 2 fully saturated rings. The van der Waals surface area contributed by atoms with Gasteiger partial charge in [-0.15, -0.1) is 36.2 Å². The third-order valence-electron chi connectivity index (χ3n) is 5.47. The summed E-state index contributed by atoms with van der Waals surface area (Å²) in [6.45, 7) is 6.03. The number of benzene rings is 1. The minimum Gasteiger partial charge on any atom is -0.337 e. The molecular weight excluding hydrogens is 389 g/mol. The summed E-state index contributed by atoms with van der Waals surface area (Å²) in [7, 11) is 0. The standard InChI is InChI=1S/C19H23N3OS.2ClH/c1-14-2-4-15(5-3-14)17-21-16(12-24-17)18(23)22-10-7-19(8-11-22)6-9-20-13-19;;/h2-5,12,20H,6-11,13H2,1H3;2*1H. The Morgan fingerprint density at radius 1 is 1.15 bits per heavy atom. The number of rotatable bonds is 2. The van der Waals surface area contributed by atoms with Gasteiger partial charge >= 0.3 is 0 Å². The van der Waals surface area contributed by atoms with E-state index in [0.717, 1.165) is 49.6 Å². The summed E-state index contributed by atoms with van der Waals surface area (Å²) in [4.78, 5) is 19.3. The van der Waals surface area contributed by atoms with Crippen LogP contribution in [0.1, 0.15) is 35.3 Å². The van der Waals surface area contributed by atoms with Crippen molar-refractivity contribution in [2.75, 3.05) is 26.2 Å². The summed E-state index contributed by atoms with van der Waals surface area (Å²) in [5.41, 5.74) is 3.34. The third-order valence-corrected chi connectivity index (χ3v) is 6.36. The molecule has 1 amide bonds. The van der Waals surface area contributed by atoms with E-state index in [9.17, 15) is 4.79 Å². The third kappa shape index (κ3) is 4.22. The first kappa shape index (κ1) is 21.2. The second-order valence-electron chi connectivity index (χ2n) is 7.12. The number of carbonyl (C=O) groups is 1. The largest absolute Gasteiger partial charge is 0.337 e. The van der Waals surface area contributed by atoms with E-state index < -0.39 is 0 Å². The molecule has 2 aromatic rings. The van der Waals surface area contributed by atoms with Crippen LogP contribution in [0, 0.1) is 12.3 Å². The molecule has 0 saturated carbocycles. The number of thiazole rings is 1. The van der Waals surface area contributed by atoms with Crippen molar-refractivity contribution in [3.05, 3.63) is 40.9 Å². The zero-order valence-corrected chi connectivity index (χ0v) is 17.3. The maximum atomic E-state index is 12.8. The molecule has 3 heterocycles. The van der Waals surface area contributed by atoms with Crippen molar-refractivity contribution in [1.29, 1.82) is 0 Å². The van der Waals surface area contributed by atoms with Crippen LogP contribution < -0.4 is 5.32 Å². The Hall–Kier alpha value is -1.14. The van der Waals surface area contributed by atoms with Gasteiger partial charge < -0.3 is 10.2 Å². The molecule has 0 unspecified atom stereocenters. The fourth-order valence-corrected chi connectivity index (χ4v) is 4.57. The molecule has 2 aliphatic heterocycles. The highest BCUT2D eigenvalue weighted by atomic mass is 35.5. The van der Waals surface area contributed by atoms with Crippen molar-refractivity contribution in [1.82, 2.24) is 15.2 Å². The topological polar surface area (TPSA) is 45.2 Å². The predicted octanol–water partition coefficient (Wildman–Crippen LogP) is 4.18. The number of aryl methyl sites for hydroxylation is 1. The minimum atomic E-state index is 0. The van der Waals surface area contributed by atoms with Gasteiger partial charge in [0.25, 0.3) is 5.91 Å². The quantitative estimate of drug-likeness (QED) is 0.802. The molecule has 1 N–H and O–H groups in total. The van der Waals surface area contributed by atoms with Gasteiger partial charge in [-0.05, 0) is 38.1 Å². The van der Waals surface area contributed by atoms with E-state index in [4.69, 9.17) is 0 Å². The Morgan fingerprint density at radius 3 is 2.46 bits per heavy atom. The van der Waals surface area contributed by atoms with Crippen LogP contribution in [0.15, 0.2) is 29.6 Å². The molecule has 142 valence electrons. The molecule has 1 aromatic carbocycles. The van der Waals surface area contributed by atoms with Gasteiger partial charge in [-0.25, -0.2) is 4.98 Å². The maximum Gasteiger partial charge on any atom is 0.273 e. The first-order valence-corrected chi connectivity index (χ1v) is 9.56. The van der Waals surface area contributed by atoms with E-state index in [0.29, 0.717) is 11.1 Å². The lowest BCUT2D eigenvalue weighted by Crippen LogP contribution is -2.44. The number of aromatic nitrogens is 1. The van der Waals surface area contributed by atoms with E-state index >= 15 is 0 Å². The number of halogens is 2. The highest BCUT2D eigenvalue weighted by Gasteiger charge is 2.38. The number of nitrogens with zero attached hydrogens (tertiary/aromatic N) is 2. The minimum absolute atomic E-state index is 0. The second-order valence-corrected chi connectivity index (χ2v) is 7.98. The fraction of sp³-hybridized carbons (Fsp3) is 0.474. The highest BCUT2D eigenvalue weighted by molar-refractivity contribution is 7.13. The summed E-state index contributed by atoms with van der Waals surface area (Å²) in [6, 6.07) is 8.30. The molecule has 0 atom stereocenters. The van der Waals surface area contributed by atoms with Crippen molar-refractivity contribution < 1.29 is 4.79 Å². The molecule has 1 spiro atoms. The lowest BCUT2D eigenvalue weighted by atomic mass is 9.78. The lowest BCUT2D eigenvalue weighted by molar-refractivity contribution is 0.0603. The summed E-state index contributed by atoms with van der Waals surface area (Å²) < 4.78 is 0. The summed E-state index contributed by atoms with van der Waals surface area (Å²) in [6.07, 6.45) is 3.48. The van der Waals surface area contributed by atoms with Crippen molar-refractivity contribution in [2.24, 2.45) is 5.41 Å². The molecule has 7 heteroatoms. The molecule has 2 saturated heterocycles. The van der Waals surface area contributed by atoms with Gasteiger partial charge in [0.15, 0.2) is 0 Å².